The molecule has 2 amide bonds. The Hall–Kier alpha value is -4.88. The molecule has 4 heterocycles. The SMILES string of the molecule is Cc1cccc(N2CC(CN3CCC(O)(c4ccc(F)cc4)CC3)OC2=O)c1.O=C1OC(CN2CCC(O)(c3ccc(F)cc3)CC2)CN1c1ccccc1. The maximum Gasteiger partial charge on any atom is 0.414 e. The zero-order valence-corrected chi connectivity index (χ0v) is 31.0. The zero-order valence-electron chi connectivity index (χ0n) is 31.0. The highest BCUT2D eigenvalue weighted by Crippen LogP contribution is 2.35. The lowest BCUT2D eigenvalue weighted by Crippen LogP contribution is -2.45. The summed E-state index contributed by atoms with van der Waals surface area (Å²) >= 11 is 0. The summed E-state index contributed by atoms with van der Waals surface area (Å²) in [6.45, 7) is 7.16. The third-order valence-electron chi connectivity index (χ3n) is 11.2. The number of halogens is 2. The molecular weight excluding hydrogens is 706 g/mol. The highest BCUT2D eigenvalue weighted by Gasteiger charge is 2.39. The second kappa shape index (κ2) is 16.5. The van der Waals surface area contributed by atoms with Crippen molar-refractivity contribution >= 4 is 23.6 Å². The number of nitrogens with zero attached hydrogens (tertiary/aromatic N) is 4. The predicted molar refractivity (Wildman–Crippen MR) is 205 cm³/mol. The van der Waals surface area contributed by atoms with Crippen molar-refractivity contribution in [2.24, 2.45) is 0 Å². The van der Waals surface area contributed by atoms with E-state index in [0.29, 0.717) is 78.0 Å². The van der Waals surface area contributed by atoms with Crippen LogP contribution >= 0.6 is 0 Å². The van der Waals surface area contributed by atoms with Crippen molar-refractivity contribution in [2.75, 3.05) is 62.2 Å². The Kier molecular flexibility index (Phi) is 11.5. The molecule has 4 fully saturated rings. The van der Waals surface area contributed by atoms with E-state index in [1.807, 2.05) is 61.5 Å². The third-order valence-corrected chi connectivity index (χ3v) is 11.2. The number of aliphatic hydroxyl groups is 2. The number of hydrogen-bond donors (Lipinski definition) is 2. The van der Waals surface area contributed by atoms with Gasteiger partial charge >= 0.3 is 12.2 Å². The second-order valence-electron chi connectivity index (χ2n) is 15.1. The standard InChI is InChI=1S/C22H25FN2O3.C21H23FN2O3/c1-16-3-2-4-19(13-16)25-15-20(28-21(25)26)14-24-11-9-22(27,10-12-24)17-5-7-18(23)8-6-17;22-17-8-6-16(7-9-17)21(26)10-12-23(13-11-21)14-19-15-24(20(25)27-19)18-4-2-1-3-5-18/h2-8,13,20,27H,9-12,14-15H2,1H3;1-9,19,26H,10-15H2. The van der Waals surface area contributed by atoms with E-state index in [1.165, 1.54) is 24.3 Å². The molecule has 4 aliphatic rings. The van der Waals surface area contributed by atoms with Gasteiger partial charge in [-0.15, -0.1) is 0 Å². The molecule has 0 saturated carbocycles. The fraction of sp³-hybridized carbons (Fsp3) is 0.395. The van der Waals surface area contributed by atoms with Crippen molar-refractivity contribution in [2.45, 2.75) is 56.0 Å². The Labute approximate surface area is 320 Å². The average molecular weight is 755 g/mol. The number of piperidine rings is 2. The van der Waals surface area contributed by atoms with Crippen LogP contribution < -0.4 is 9.80 Å². The van der Waals surface area contributed by atoms with Crippen molar-refractivity contribution < 1.29 is 38.1 Å². The van der Waals surface area contributed by atoms with Gasteiger partial charge < -0.3 is 19.7 Å². The fourth-order valence-corrected chi connectivity index (χ4v) is 7.94. The van der Waals surface area contributed by atoms with Gasteiger partial charge in [-0.1, -0.05) is 54.6 Å². The van der Waals surface area contributed by atoms with Gasteiger partial charge in [0.1, 0.15) is 23.8 Å². The summed E-state index contributed by atoms with van der Waals surface area (Å²) in [7, 11) is 0. The van der Waals surface area contributed by atoms with Crippen LogP contribution in [-0.4, -0.2) is 96.8 Å². The van der Waals surface area contributed by atoms with E-state index in [9.17, 15) is 28.6 Å². The number of amides is 2. The molecule has 55 heavy (non-hydrogen) atoms. The molecule has 4 saturated heterocycles. The zero-order chi connectivity index (χ0) is 38.6. The van der Waals surface area contributed by atoms with E-state index in [4.69, 9.17) is 9.47 Å². The summed E-state index contributed by atoms with van der Waals surface area (Å²) < 4.78 is 37.3. The number of hydrogen-bond acceptors (Lipinski definition) is 8. The van der Waals surface area contributed by atoms with Gasteiger partial charge in [-0.05, 0) is 97.8 Å². The van der Waals surface area contributed by atoms with E-state index < -0.39 is 11.2 Å². The Balaban J connectivity index is 0.000000169. The summed E-state index contributed by atoms with van der Waals surface area (Å²) in [6, 6.07) is 29.5. The van der Waals surface area contributed by atoms with Crippen LogP contribution in [0.15, 0.2) is 103 Å². The van der Waals surface area contributed by atoms with Gasteiger partial charge in [-0.2, -0.15) is 0 Å². The molecular formula is C43H48F2N4O6. The summed E-state index contributed by atoms with van der Waals surface area (Å²) in [5, 5.41) is 21.8. The van der Waals surface area contributed by atoms with E-state index in [-0.39, 0.29) is 36.0 Å². The second-order valence-corrected chi connectivity index (χ2v) is 15.1. The lowest BCUT2D eigenvalue weighted by Gasteiger charge is -2.39. The first-order valence-corrected chi connectivity index (χ1v) is 19.0. The molecule has 12 heteroatoms. The molecule has 2 atom stereocenters. The Morgan fingerprint density at radius 1 is 0.600 bits per heavy atom. The Bertz CT molecular complexity index is 1920. The first-order chi connectivity index (χ1) is 26.5. The van der Waals surface area contributed by atoms with Crippen LogP contribution in [0.5, 0.6) is 0 Å². The van der Waals surface area contributed by atoms with Crippen molar-refractivity contribution in [3.05, 3.63) is 131 Å². The number of anilines is 2. The quantitative estimate of drug-likeness (QED) is 0.208. The average Bonchev–Trinajstić information content (AvgIpc) is 3.75. The third kappa shape index (κ3) is 9.16. The van der Waals surface area contributed by atoms with Crippen molar-refractivity contribution in [3.63, 3.8) is 0 Å². The van der Waals surface area contributed by atoms with Crippen LogP contribution in [0.2, 0.25) is 0 Å². The maximum atomic E-state index is 13.1. The van der Waals surface area contributed by atoms with Crippen LogP contribution in [0, 0.1) is 18.6 Å². The molecule has 4 aromatic rings. The number of para-hydroxylation sites is 1. The number of rotatable bonds is 8. The van der Waals surface area contributed by atoms with E-state index in [1.54, 1.807) is 34.1 Å². The van der Waals surface area contributed by atoms with E-state index in [0.717, 1.165) is 28.1 Å². The largest absolute Gasteiger partial charge is 0.443 e. The Morgan fingerprint density at radius 3 is 1.45 bits per heavy atom. The maximum absolute atomic E-state index is 13.1. The van der Waals surface area contributed by atoms with Crippen LogP contribution in [0.25, 0.3) is 0 Å². The van der Waals surface area contributed by atoms with Gasteiger partial charge in [0.05, 0.1) is 24.3 Å². The van der Waals surface area contributed by atoms with Crippen LogP contribution in [0.3, 0.4) is 0 Å². The number of likely N-dealkylation sites (tertiary alicyclic amines) is 2. The van der Waals surface area contributed by atoms with Crippen LogP contribution in [0.4, 0.5) is 29.7 Å². The molecule has 4 aliphatic heterocycles. The van der Waals surface area contributed by atoms with Gasteiger partial charge in [-0.25, -0.2) is 18.4 Å². The highest BCUT2D eigenvalue weighted by atomic mass is 19.1. The minimum absolute atomic E-state index is 0.185. The summed E-state index contributed by atoms with van der Waals surface area (Å²) in [4.78, 5) is 32.2. The van der Waals surface area contributed by atoms with Crippen LogP contribution in [-0.2, 0) is 20.7 Å². The minimum atomic E-state index is -0.926. The lowest BCUT2D eigenvalue weighted by molar-refractivity contribution is -0.0326. The molecule has 0 bridgehead atoms. The fourth-order valence-electron chi connectivity index (χ4n) is 7.94. The lowest BCUT2D eigenvalue weighted by atomic mass is 9.84. The highest BCUT2D eigenvalue weighted by molar-refractivity contribution is 5.90. The summed E-state index contributed by atoms with van der Waals surface area (Å²) in [5.74, 6) is -0.600. The molecule has 0 spiro atoms. The van der Waals surface area contributed by atoms with Crippen molar-refractivity contribution in [1.82, 2.24) is 9.80 Å². The number of aryl methyl sites for hydroxylation is 1. The molecule has 8 rings (SSSR count). The molecule has 10 nitrogen and oxygen atoms in total. The van der Waals surface area contributed by atoms with E-state index >= 15 is 0 Å². The summed E-state index contributed by atoms with van der Waals surface area (Å²) in [5.41, 5.74) is 2.46. The van der Waals surface area contributed by atoms with Gasteiger partial charge in [0.25, 0.3) is 0 Å². The van der Waals surface area contributed by atoms with E-state index in [2.05, 4.69) is 9.80 Å². The molecule has 2 N–H and O–H groups in total. The summed E-state index contributed by atoms with van der Waals surface area (Å²) in [6.07, 6.45) is 1.28. The molecule has 0 radical (unpaired) electrons. The van der Waals surface area contributed by atoms with Crippen LogP contribution in [0.1, 0.15) is 42.4 Å². The monoisotopic (exact) mass is 754 g/mol. The number of cyclic esters (lactones) is 2. The molecule has 2 unspecified atom stereocenters. The van der Waals surface area contributed by atoms with Crippen molar-refractivity contribution in [3.8, 4) is 0 Å². The number of benzene rings is 4. The first-order valence-electron chi connectivity index (χ1n) is 19.0. The first kappa shape index (κ1) is 38.4. The van der Waals surface area contributed by atoms with Gasteiger partial charge in [0, 0.05) is 50.6 Å². The number of carbonyl (C=O) groups is 2. The van der Waals surface area contributed by atoms with Crippen molar-refractivity contribution in [1.29, 1.82) is 0 Å². The van der Waals surface area contributed by atoms with Gasteiger partial charge in [0.2, 0.25) is 0 Å². The number of carbonyl (C=O) groups excluding carboxylic acids is 2. The molecule has 290 valence electrons. The topological polar surface area (TPSA) is 106 Å². The smallest absolute Gasteiger partial charge is 0.414 e. The predicted octanol–water partition coefficient (Wildman–Crippen LogP) is 6.58. The normalized spacial score (nSPS) is 22.5. The van der Waals surface area contributed by atoms with Gasteiger partial charge in [-0.3, -0.25) is 19.6 Å². The molecule has 4 aromatic carbocycles. The molecule has 0 aromatic heterocycles. The van der Waals surface area contributed by atoms with Gasteiger partial charge in [0.15, 0.2) is 0 Å². The Morgan fingerprint density at radius 2 is 1.02 bits per heavy atom. The molecule has 0 aliphatic carbocycles. The minimum Gasteiger partial charge on any atom is -0.443 e. The number of ether oxygens (including phenoxy) is 2.